The van der Waals surface area contributed by atoms with Crippen molar-refractivity contribution in [2.75, 3.05) is 12.4 Å². The zero-order valence-electron chi connectivity index (χ0n) is 10.2. The summed E-state index contributed by atoms with van der Waals surface area (Å²) in [5.74, 6) is 0. The van der Waals surface area contributed by atoms with E-state index in [0.29, 0.717) is 6.04 Å². The van der Waals surface area contributed by atoms with Crippen LogP contribution < -0.4 is 5.32 Å². The lowest BCUT2D eigenvalue weighted by Gasteiger charge is -2.31. The Hall–Kier alpha value is -1.58. The number of pyridine rings is 1. The molecular weight excluding hydrogens is 214 g/mol. The first-order valence-corrected chi connectivity index (χ1v) is 6.21. The Labute approximate surface area is 102 Å². The van der Waals surface area contributed by atoms with Gasteiger partial charge in [-0.25, -0.2) is 4.79 Å². The van der Waals surface area contributed by atoms with E-state index in [2.05, 4.69) is 10.3 Å². The summed E-state index contributed by atoms with van der Waals surface area (Å²) < 4.78 is 0. The number of nitrogens with zero attached hydrogens (tertiary/aromatic N) is 2. The molecule has 0 bridgehead atoms. The third kappa shape index (κ3) is 3.19. The molecule has 17 heavy (non-hydrogen) atoms. The molecule has 1 aliphatic carbocycles. The molecule has 0 spiro atoms. The predicted molar refractivity (Wildman–Crippen MR) is 67.9 cm³/mol. The van der Waals surface area contributed by atoms with E-state index >= 15 is 0 Å². The van der Waals surface area contributed by atoms with E-state index < -0.39 is 0 Å². The molecule has 1 N–H and O–H groups in total. The van der Waals surface area contributed by atoms with E-state index in [1.165, 1.54) is 19.3 Å². The van der Waals surface area contributed by atoms with Crippen LogP contribution in [0.1, 0.15) is 32.1 Å². The molecule has 92 valence electrons. The van der Waals surface area contributed by atoms with Crippen LogP contribution in [0.25, 0.3) is 0 Å². The van der Waals surface area contributed by atoms with Crippen LogP contribution in [-0.4, -0.2) is 29.0 Å². The standard InChI is InChI=1S/C13H19N3O/c1-16(12-7-3-2-4-8-12)13(17)15-11-6-5-9-14-10-11/h5-6,9-10,12H,2-4,7-8H2,1H3,(H,15,17). The SMILES string of the molecule is CN(C(=O)Nc1cccnc1)C1CCCCC1. The molecule has 4 nitrogen and oxygen atoms in total. The molecule has 1 aromatic heterocycles. The Morgan fingerprint density at radius 1 is 1.41 bits per heavy atom. The number of urea groups is 1. The Morgan fingerprint density at radius 3 is 2.82 bits per heavy atom. The lowest BCUT2D eigenvalue weighted by Crippen LogP contribution is -2.40. The average molecular weight is 233 g/mol. The van der Waals surface area contributed by atoms with Gasteiger partial charge in [0, 0.05) is 19.3 Å². The summed E-state index contributed by atoms with van der Waals surface area (Å²) in [4.78, 5) is 17.8. The molecule has 0 aliphatic heterocycles. The van der Waals surface area contributed by atoms with Gasteiger partial charge >= 0.3 is 6.03 Å². The van der Waals surface area contributed by atoms with Gasteiger partial charge in [0.15, 0.2) is 0 Å². The molecular formula is C13H19N3O. The normalized spacial score (nSPS) is 16.5. The second-order valence-electron chi connectivity index (χ2n) is 4.57. The molecule has 0 aromatic carbocycles. The second kappa shape index (κ2) is 5.66. The fraction of sp³-hybridized carbons (Fsp3) is 0.538. The smallest absolute Gasteiger partial charge is 0.321 e. The number of hydrogen-bond donors (Lipinski definition) is 1. The first kappa shape index (κ1) is 11.9. The van der Waals surface area contributed by atoms with E-state index in [1.807, 2.05) is 24.1 Å². The summed E-state index contributed by atoms with van der Waals surface area (Å²) in [5, 5.41) is 2.86. The van der Waals surface area contributed by atoms with Gasteiger partial charge in [-0.2, -0.15) is 0 Å². The van der Waals surface area contributed by atoms with Gasteiger partial charge in [0.1, 0.15) is 0 Å². The maximum Gasteiger partial charge on any atom is 0.321 e. The number of nitrogens with one attached hydrogen (secondary N) is 1. The highest BCUT2D eigenvalue weighted by molar-refractivity contribution is 5.89. The number of aromatic nitrogens is 1. The van der Waals surface area contributed by atoms with Crippen molar-refractivity contribution in [1.82, 2.24) is 9.88 Å². The van der Waals surface area contributed by atoms with Crippen LogP contribution in [0, 0.1) is 0 Å². The molecule has 1 aromatic rings. The largest absolute Gasteiger partial charge is 0.325 e. The average Bonchev–Trinajstić information content (AvgIpc) is 2.40. The number of carbonyl (C=O) groups excluding carboxylic acids is 1. The predicted octanol–water partition coefficient (Wildman–Crippen LogP) is 2.88. The van der Waals surface area contributed by atoms with Crippen LogP contribution >= 0.6 is 0 Å². The summed E-state index contributed by atoms with van der Waals surface area (Å²) in [6, 6.07) is 4.01. The van der Waals surface area contributed by atoms with Crippen LogP contribution in [0.5, 0.6) is 0 Å². The zero-order chi connectivity index (χ0) is 12.1. The van der Waals surface area contributed by atoms with Crippen LogP contribution in [0.4, 0.5) is 10.5 Å². The molecule has 1 fully saturated rings. The van der Waals surface area contributed by atoms with Gasteiger partial charge in [-0.05, 0) is 25.0 Å². The topological polar surface area (TPSA) is 45.2 Å². The minimum absolute atomic E-state index is 0.0371. The number of rotatable bonds is 2. The van der Waals surface area contributed by atoms with Crippen molar-refractivity contribution in [2.24, 2.45) is 0 Å². The van der Waals surface area contributed by atoms with Crippen LogP contribution in [0.3, 0.4) is 0 Å². The highest BCUT2D eigenvalue weighted by Crippen LogP contribution is 2.22. The van der Waals surface area contributed by atoms with Crippen molar-refractivity contribution >= 4 is 11.7 Å². The second-order valence-corrected chi connectivity index (χ2v) is 4.57. The Kier molecular flexibility index (Phi) is 3.96. The summed E-state index contributed by atoms with van der Waals surface area (Å²) >= 11 is 0. The van der Waals surface area contributed by atoms with Crippen molar-refractivity contribution in [3.05, 3.63) is 24.5 Å². The summed E-state index contributed by atoms with van der Waals surface area (Å²) in [6.07, 6.45) is 9.36. The van der Waals surface area contributed by atoms with Crippen LogP contribution in [0.15, 0.2) is 24.5 Å². The highest BCUT2D eigenvalue weighted by atomic mass is 16.2. The highest BCUT2D eigenvalue weighted by Gasteiger charge is 2.21. The Morgan fingerprint density at radius 2 is 2.18 bits per heavy atom. The minimum atomic E-state index is -0.0371. The molecule has 1 saturated carbocycles. The van der Waals surface area contributed by atoms with E-state index in [9.17, 15) is 4.79 Å². The maximum atomic E-state index is 12.0. The lowest BCUT2D eigenvalue weighted by atomic mass is 9.95. The number of anilines is 1. The Bertz CT molecular complexity index is 360. The first-order chi connectivity index (χ1) is 8.27. The van der Waals surface area contributed by atoms with Crippen molar-refractivity contribution in [3.63, 3.8) is 0 Å². The third-order valence-electron chi connectivity index (χ3n) is 3.36. The third-order valence-corrected chi connectivity index (χ3v) is 3.36. The van der Waals surface area contributed by atoms with Crippen molar-refractivity contribution in [1.29, 1.82) is 0 Å². The van der Waals surface area contributed by atoms with E-state index in [0.717, 1.165) is 18.5 Å². The quantitative estimate of drug-likeness (QED) is 0.853. The molecule has 1 heterocycles. The monoisotopic (exact) mass is 233 g/mol. The molecule has 0 saturated heterocycles. The lowest BCUT2D eigenvalue weighted by molar-refractivity contribution is 0.186. The van der Waals surface area contributed by atoms with Gasteiger partial charge in [-0.1, -0.05) is 19.3 Å². The zero-order valence-corrected chi connectivity index (χ0v) is 10.2. The van der Waals surface area contributed by atoms with Crippen molar-refractivity contribution < 1.29 is 4.79 Å². The molecule has 4 heteroatoms. The van der Waals surface area contributed by atoms with Gasteiger partial charge in [0.25, 0.3) is 0 Å². The van der Waals surface area contributed by atoms with Gasteiger partial charge in [-0.3, -0.25) is 4.98 Å². The van der Waals surface area contributed by atoms with Crippen LogP contribution in [0.2, 0.25) is 0 Å². The van der Waals surface area contributed by atoms with E-state index in [-0.39, 0.29) is 6.03 Å². The number of carbonyl (C=O) groups is 1. The molecule has 0 atom stereocenters. The van der Waals surface area contributed by atoms with Gasteiger partial charge in [0.2, 0.25) is 0 Å². The summed E-state index contributed by atoms with van der Waals surface area (Å²) in [7, 11) is 1.88. The Balaban J connectivity index is 1.90. The van der Waals surface area contributed by atoms with Gasteiger partial charge < -0.3 is 10.2 Å². The van der Waals surface area contributed by atoms with Crippen LogP contribution in [-0.2, 0) is 0 Å². The minimum Gasteiger partial charge on any atom is -0.325 e. The van der Waals surface area contributed by atoms with E-state index in [1.54, 1.807) is 12.4 Å². The molecule has 2 amide bonds. The summed E-state index contributed by atoms with van der Waals surface area (Å²) in [5.41, 5.74) is 0.750. The fourth-order valence-corrected chi connectivity index (χ4v) is 2.28. The van der Waals surface area contributed by atoms with Gasteiger partial charge in [0.05, 0.1) is 11.9 Å². The van der Waals surface area contributed by atoms with Crippen molar-refractivity contribution in [2.45, 2.75) is 38.1 Å². The molecule has 1 aliphatic rings. The first-order valence-electron chi connectivity index (χ1n) is 6.21. The van der Waals surface area contributed by atoms with Gasteiger partial charge in [-0.15, -0.1) is 0 Å². The molecule has 2 rings (SSSR count). The number of amides is 2. The molecule has 0 unspecified atom stereocenters. The van der Waals surface area contributed by atoms with Crippen molar-refractivity contribution in [3.8, 4) is 0 Å². The number of hydrogen-bond acceptors (Lipinski definition) is 2. The molecule has 0 radical (unpaired) electrons. The van der Waals surface area contributed by atoms with E-state index in [4.69, 9.17) is 0 Å². The fourth-order valence-electron chi connectivity index (χ4n) is 2.28. The summed E-state index contributed by atoms with van der Waals surface area (Å²) in [6.45, 7) is 0. The maximum absolute atomic E-state index is 12.0.